The van der Waals surface area contributed by atoms with Gasteiger partial charge < -0.3 is 4.74 Å². The van der Waals surface area contributed by atoms with Crippen LogP contribution in [0.1, 0.15) is 11.1 Å². The molecule has 2 rings (SSSR count). The molecule has 0 fully saturated rings. The smallest absolute Gasteiger partial charge is 0.216 e. The Morgan fingerprint density at radius 3 is 2.71 bits per heavy atom. The van der Waals surface area contributed by atoms with Crippen molar-refractivity contribution in [2.75, 3.05) is 0 Å². The summed E-state index contributed by atoms with van der Waals surface area (Å²) in [5.74, 6) is 0.359. The van der Waals surface area contributed by atoms with Crippen LogP contribution in [0.4, 0.5) is 0 Å². The Balaban J connectivity index is 2.10. The first kappa shape index (κ1) is 11.4. The zero-order valence-corrected chi connectivity index (χ0v) is 9.69. The van der Waals surface area contributed by atoms with E-state index in [0.29, 0.717) is 18.1 Å². The molecular weight excluding hydrogens is 236 g/mol. The van der Waals surface area contributed by atoms with Crippen molar-refractivity contribution in [3.63, 3.8) is 0 Å². The summed E-state index contributed by atoms with van der Waals surface area (Å²) >= 11 is 5.77. The van der Waals surface area contributed by atoms with Gasteiger partial charge in [0, 0.05) is 6.07 Å². The third kappa shape index (κ3) is 3.20. The molecule has 1 heterocycles. The van der Waals surface area contributed by atoms with Gasteiger partial charge in [-0.3, -0.25) is 0 Å². The highest BCUT2D eigenvalue weighted by molar-refractivity contribution is 6.29. The fourth-order valence-corrected chi connectivity index (χ4v) is 1.54. The lowest BCUT2D eigenvalue weighted by atomic mass is 10.2. The summed E-state index contributed by atoms with van der Waals surface area (Å²) in [4.78, 5) is 3.99. The van der Waals surface area contributed by atoms with E-state index in [1.807, 2.05) is 36.4 Å². The maximum atomic E-state index is 8.78. The molecule has 4 heteroatoms. The summed E-state index contributed by atoms with van der Waals surface area (Å²) in [5.41, 5.74) is 1.47. The van der Waals surface area contributed by atoms with Crippen LogP contribution in [0.5, 0.6) is 5.88 Å². The molecule has 0 amide bonds. The summed E-state index contributed by atoms with van der Waals surface area (Å²) in [6, 6.07) is 14.8. The topological polar surface area (TPSA) is 45.9 Å². The van der Waals surface area contributed by atoms with E-state index in [1.165, 1.54) is 6.07 Å². The van der Waals surface area contributed by atoms with Gasteiger partial charge in [-0.05, 0) is 11.6 Å². The Hall–Kier alpha value is -2.05. The highest BCUT2D eigenvalue weighted by Gasteiger charge is 2.02. The fraction of sp³-hybridized carbons (Fsp3) is 0.0769. The van der Waals surface area contributed by atoms with Gasteiger partial charge >= 0.3 is 0 Å². The molecular formula is C13H9ClN2O. The van der Waals surface area contributed by atoms with Gasteiger partial charge in [-0.15, -0.1) is 0 Å². The molecule has 0 unspecified atom stereocenters. The monoisotopic (exact) mass is 244 g/mol. The molecule has 3 nitrogen and oxygen atoms in total. The minimum Gasteiger partial charge on any atom is -0.473 e. The van der Waals surface area contributed by atoms with Crippen molar-refractivity contribution in [3.8, 4) is 11.9 Å². The molecule has 0 N–H and O–H groups in total. The van der Waals surface area contributed by atoms with E-state index in [4.69, 9.17) is 21.6 Å². The van der Waals surface area contributed by atoms with Gasteiger partial charge in [0.2, 0.25) is 5.88 Å². The summed E-state index contributed by atoms with van der Waals surface area (Å²) < 4.78 is 5.47. The zero-order chi connectivity index (χ0) is 12.1. The van der Waals surface area contributed by atoms with Gasteiger partial charge in [0.1, 0.15) is 11.8 Å². The predicted octanol–water partition coefficient (Wildman–Crippen LogP) is 3.19. The molecule has 1 aromatic carbocycles. The van der Waals surface area contributed by atoms with Crippen molar-refractivity contribution >= 4 is 11.6 Å². The van der Waals surface area contributed by atoms with E-state index in [2.05, 4.69) is 4.98 Å². The van der Waals surface area contributed by atoms with Crippen LogP contribution in [0.15, 0.2) is 42.5 Å². The van der Waals surface area contributed by atoms with E-state index in [0.717, 1.165) is 5.56 Å². The van der Waals surface area contributed by atoms with Crippen molar-refractivity contribution in [3.05, 3.63) is 58.7 Å². The number of benzene rings is 1. The van der Waals surface area contributed by atoms with E-state index >= 15 is 0 Å². The Morgan fingerprint density at radius 1 is 1.24 bits per heavy atom. The lowest BCUT2D eigenvalue weighted by Crippen LogP contribution is -1.97. The van der Waals surface area contributed by atoms with E-state index < -0.39 is 0 Å². The van der Waals surface area contributed by atoms with Gasteiger partial charge in [0.05, 0.1) is 11.6 Å². The molecule has 0 bridgehead atoms. The van der Waals surface area contributed by atoms with Crippen molar-refractivity contribution in [1.82, 2.24) is 4.98 Å². The molecule has 0 aliphatic carbocycles. The standard InChI is InChI=1S/C13H9ClN2O/c14-12-6-11(8-15)7-13(16-12)17-9-10-4-2-1-3-5-10/h1-7H,9H2. The molecule has 0 atom stereocenters. The Morgan fingerprint density at radius 2 is 2.00 bits per heavy atom. The van der Waals surface area contributed by atoms with Crippen molar-refractivity contribution in [1.29, 1.82) is 5.26 Å². The number of pyridine rings is 1. The molecule has 84 valence electrons. The van der Waals surface area contributed by atoms with Gasteiger partial charge in [-0.2, -0.15) is 5.26 Å². The Kier molecular flexibility index (Phi) is 3.59. The van der Waals surface area contributed by atoms with Crippen LogP contribution in [0, 0.1) is 11.3 Å². The van der Waals surface area contributed by atoms with Gasteiger partial charge in [0.25, 0.3) is 0 Å². The van der Waals surface area contributed by atoms with Crippen LogP contribution >= 0.6 is 11.6 Å². The molecule has 1 aromatic heterocycles. The van der Waals surface area contributed by atoms with Crippen LogP contribution in [-0.2, 0) is 6.61 Å². The third-order valence-corrected chi connectivity index (χ3v) is 2.32. The highest BCUT2D eigenvalue weighted by atomic mass is 35.5. The first-order chi connectivity index (χ1) is 8.28. The quantitative estimate of drug-likeness (QED) is 0.779. The van der Waals surface area contributed by atoms with Gasteiger partial charge in [-0.1, -0.05) is 41.9 Å². The summed E-state index contributed by atoms with van der Waals surface area (Å²) in [6.07, 6.45) is 0. The summed E-state index contributed by atoms with van der Waals surface area (Å²) in [6.45, 7) is 0.402. The maximum absolute atomic E-state index is 8.78. The normalized spacial score (nSPS) is 9.65. The first-order valence-electron chi connectivity index (χ1n) is 5.02. The van der Waals surface area contributed by atoms with Crippen LogP contribution in [-0.4, -0.2) is 4.98 Å². The molecule has 0 aliphatic rings. The highest BCUT2D eigenvalue weighted by Crippen LogP contribution is 2.16. The van der Waals surface area contributed by atoms with E-state index in [-0.39, 0.29) is 5.15 Å². The van der Waals surface area contributed by atoms with E-state index in [9.17, 15) is 0 Å². The van der Waals surface area contributed by atoms with Gasteiger partial charge in [0.15, 0.2) is 0 Å². The van der Waals surface area contributed by atoms with Gasteiger partial charge in [-0.25, -0.2) is 4.98 Å². The number of hydrogen-bond donors (Lipinski definition) is 0. The number of rotatable bonds is 3. The minimum absolute atomic E-state index is 0.257. The molecule has 0 saturated heterocycles. The van der Waals surface area contributed by atoms with Crippen molar-refractivity contribution in [2.24, 2.45) is 0 Å². The minimum atomic E-state index is 0.257. The van der Waals surface area contributed by atoms with Crippen LogP contribution in [0.25, 0.3) is 0 Å². The number of aromatic nitrogens is 1. The average molecular weight is 245 g/mol. The molecule has 0 aliphatic heterocycles. The SMILES string of the molecule is N#Cc1cc(Cl)nc(OCc2ccccc2)c1. The number of hydrogen-bond acceptors (Lipinski definition) is 3. The number of nitriles is 1. The number of ether oxygens (including phenoxy) is 1. The second-order valence-corrected chi connectivity index (χ2v) is 3.79. The number of halogens is 1. The third-order valence-electron chi connectivity index (χ3n) is 2.13. The first-order valence-corrected chi connectivity index (χ1v) is 5.40. The largest absolute Gasteiger partial charge is 0.473 e. The lowest BCUT2D eigenvalue weighted by Gasteiger charge is -2.05. The predicted molar refractivity (Wildman–Crippen MR) is 64.7 cm³/mol. The Labute approximate surface area is 104 Å². The molecule has 0 radical (unpaired) electrons. The van der Waals surface area contributed by atoms with Crippen molar-refractivity contribution in [2.45, 2.75) is 6.61 Å². The molecule has 0 saturated carbocycles. The second-order valence-electron chi connectivity index (χ2n) is 3.40. The molecule has 2 aromatic rings. The molecule has 17 heavy (non-hydrogen) atoms. The summed E-state index contributed by atoms with van der Waals surface area (Å²) in [7, 11) is 0. The van der Waals surface area contributed by atoms with E-state index in [1.54, 1.807) is 6.07 Å². The Bertz CT molecular complexity index is 549. The van der Waals surface area contributed by atoms with Crippen LogP contribution in [0.2, 0.25) is 5.15 Å². The number of nitrogens with zero attached hydrogens (tertiary/aromatic N) is 2. The second kappa shape index (κ2) is 5.33. The van der Waals surface area contributed by atoms with Crippen LogP contribution in [0.3, 0.4) is 0 Å². The zero-order valence-electron chi connectivity index (χ0n) is 8.93. The lowest BCUT2D eigenvalue weighted by molar-refractivity contribution is 0.294. The fourth-order valence-electron chi connectivity index (χ4n) is 1.34. The average Bonchev–Trinajstić information content (AvgIpc) is 2.37. The molecule has 0 spiro atoms. The summed E-state index contributed by atoms with van der Waals surface area (Å²) in [5, 5.41) is 9.04. The maximum Gasteiger partial charge on any atom is 0.216 e. The van der Waals surface area contributed by atoms with Crippen LogP contribution < -0.4 is 4.74 Å². The van der Waals surface area contributed by atoms with Crippen molar-refractivity contribution < 1.29 is 4.74 Å².